The highest BCUT2D eigenvalue weighted by Crippen LogP contribution is 2.23. The van der Waals surface area contributed by atoms with Crippen molar-refractivity contribution in [1.82, 2.24) is 9.55 Å². The molecule has 0 aliphatic heterocycles. The second-order valence-electron chi connectivity index (χ2n) is 6.26. The number of nitrogens with zero attached hydrogens (tertiary/aromatic N) is 2. The smallest absolute Gasteiger partial charge is 0.272 e. The van der Waals surface area contributed by atoms with Crippen LogP contribution in [0.15, 0.2) is 27.5 Å². The summed E-state index contributed by atoms with van der Waals surface area (Å²) in [6.07, 6.45) is 0.952. The summed E-state index contributed by atoms with van der Waals surface area (Å²) in [5, 5.41) is 0. The van der Waals surface area contributed by atoms with Crippen molar-refractivity contribution >= 4 is 21.8 Å². The van der Waals surface area contributed by atoms with Crippen molar-refractivity contribution < 1.29 is 18.3 Å². The normalized spacial score (nSPS) is 11.0. The van der Waals surface area contributed by atoms with Crippen LogP contribution < -0.4 is 16.0 Å². The minimum Gasteiger partial charge on any atom is -0.472 e. The number of rotatable bonds is 8. The van der Waals surface area contributed by atoms with E-state index >= 15 is 0 Å². The van der Waals surface area contributed by atoms with E-state index in [1.807, 2.05) is 13.8 Å². The van der Waals surface area contributed by atoms with E-state index in [4.69, 9.17) is 10.5 Å². The summed E-state index contributed by atoms with van der Waals surface area (Å²) in [5.74, 6) is -1.42. The molecule has 27 heavy (non-hydrogen) atoms. The fourth-order valence-corrected chi connectivity index (χ4v) is 2.94. The van der Waals surface area contributed by atoms with Gasteiger partial charge in [0, 0.05) is 30.5 Å². The molecule has 2 rings (SSSR count). The van der Waals surface area contributed by atoms with Crippen molar-refractivity contribution in [3.8, 4) is 5.88 Å². The first-order valence-corrected chi connectivity index (χ1v) is 9.16. The van der Waals surface area contributed by atoms with Crippen LogP contribution in [-0.4, -0.2) is 15.5 Å². The molecule has 9 heteroatoms. The number of hydrogen-bond acceptors (Lipinski definition) is 4. The number of primary amides is 1. The highest BCUT2D eigenvalue weighted by Gasteiger charge is 2.18. The van der Waals surface area contributed by atoms with Gasteiger partial charge in [-0.05, 0) is 48.3 Å². The zero-order valence-corrected chi connectivity index (χ0v) is 16.6. The molecule has 6 nitrogen and oxygen atoms in total. The molecule has 2 N–H and O–H groups in total. The van der Waals surface area contributed by atoms with E-state index in [1.165, 1.54) is 10.6 Å². The molecule has 0 bridgehead atoms. The van der Waals surface area contributed by atoms with E-state index in [0.29, 0.717) is 18.7 Å². The molecule has 0 radical (unpaired) electrons. The number of nitrogens with two attached hydrogens (primary N) is 1. The van der Waals surface area contributed by atoms with Crippen LogP contribution in [0, 0.1) is 11.6 Å². The lowest BCUT2D eigenvalue weighted by molar-refractivity contribution is -0.118. The number of benzene rings is 1. The van der Waals surface area contributed by atoms with Gasteiger partial charge in [0.15, 0.2) is 0 Å². The Labute approximate surface area is 163 Å². The molecule has 146 valence electrons. The van der Waals surface area contributed by atoms with Gasteiger partial charge in [-0.2, -0.15) is 4.98 Å². The molecule has 0 saturated heterocycles. The van der Waals surface area contributed by atoms with E-state index < -0.39 is 17.5 Å². The summed E-state index contributed by atoms with van der Waals surface area (Å²) < 4.78 is 33.9. The van der Waals surface area contributed by atoms with Crippen molar-refractivity contribution in [2.75, 3.05) is 0 Å². The van der Waals surface area contributed by atoms with Crippen LogP contribution in [0.1, 0.15) is 44.1 Å². The number of carbonyl (C=O) groups is 1. The van der Waals surface area contributed by atoms with Gasteiger partial charge in [0.1, 0.15) is 28.5 Å². The highest BCUT2D eigenvalue weighted by molar-refractivity contribution is 9.10. The van der Waals surface area contributed by atoms with Gasteiger partial charge in [-0.25, -0.2) is 8.78 Å². The minimum atomic E-state index is -0.747. The van der Waals surface area contributed by atoms with Gasteiger partial charge in [-0.1, -0.05) is 0 Å². The lowest BCUT2D eigenvalue weighted by Gasteiger charge is -2.18. The average molecular weight is 444 g/mol. The van der Waals surface area contributed by atoms with E-state index in [2.05, 4.69) is 20.9 Å². The Balaban J connectivity index is 2.31. The maximum absolute atomic E-state index is 13.8. The topological polar surface area (TPSA) is 87.2 Å². The summed E-state index contributed by atoms with van der Waals surface area (Å²) >= 11 is 3.18. The van der Waals surface area contributed by atoms with Crippen LogP contribution in [0.2, 0.25) is 0 Å². The van der Waals surface area contributed by atoms with Crippen LogP contribution in [0.5, 0.6) is 5.88 Å². The third-order valence-corrected chi connectivity index (χ3v) is 4.50. The number of amides is 1. The monoisotopic (exact) mass is 443 g/mol. The van der Waals surface area contributed by atoms with Gasteiger partial charge in [0.05, 0.1) is 0 Å². The van der Waals surface area contributed by atoms with Gasteiger partial charge < -0.3 is 10.5 Å². The predicted molar refractivity (Wildman–Crippen MR) is 99.4 cm³/mol. The third-order valence-electron chi connectivity index (χ3n) is 3.82. The van der Waals surface area contributed by atoms with Gasteiger partial charge in [0.2, 0.25) is 11.8 Å². The molecule has 0 aliphatic carbocycles. The molecule has 0 fully saturated rings. The summed E-state index contributed by atoms with van der Waals surface area (Å²) in [7, 11) is 0. The Morgan fingerprint density at radius 3 is 2.67 bits per heavy atom. The lowest BCUT2D eigenvalue weighted by atomic mass is 10.2. The maximum Gasteiger partial charge on any atom is 0.272 e. The first-order chi connectivity index (χ1) is 12.7. The first kappa shape index (κ1) is 21.0. The molecule has 0 saturated carbocycles. The van der Waals surface area contributed by atoms with Crippen LogP contribution in [0.25, 0.3) is 0 Å². The van der Waals surface area contributed by atoms with Gasteiger partial charge in [0.25, 0.3) is 5.56 Å². The number of halogens is 3. The fraction of sp³-hybridized carbons (Fsp3) is 0.389. The van der Waals surface area contributed by atoms with E-state index in [0.717, 1.165) is 12.1 Å². The molecular weight excluding hydrogens is 424 g/mol. The van der Waals surface area contributed by atoms with Crippen molar-refractivity contribution in [1.29, 1.82) is 0 Å². The second-order valence-corrected chi connectivity index (χ2v) is 7.05. The first-order valence-electron chi connectivity index (χ1n) is 8.36. The molecule has 0 unspecified atom stereocenters. The summed E-state index contributed by atoms with van der Waals surface area (Å²) in [6.45, 7) is 3.45. The lowest BCUT2D eigenvalue weighted by Crippen LogP contribution is -2.28. The third kappa shape index (κ3) is 5.35. The minimum absolute atomic E-state index is 0.00898. The van der Waals surface area contributed by atoms with Crippen LogP contribution in [-0.2, 0) is 17.8 Å². The summed E-state index contributed by atoms with van der Waals surface area (Å²) in [4.78, 5) is 28.0. The molecule has 1 aromatic heterocycles. The Bertz CT molecular complexity index is 900. The van der Waals surface area contributed by atoms with Crippen LogP contribution in [0.3, 0.4) is 0 Å². The van der Waals surface area contributed by atoms with Gasteiger partial charge in [-0.15, -0.1) is 0 Å². The summed E-state index contributed by atoms with van der Waals surface area (Å²) in [5.41, 5.74) is 4.94. The molecule has 0 spiro atoms. The highest BCUT2D eigenvalue weighted by atomic mass is 79.9. The van der Waals surface area contributed by atoms with Crippen LogP contribution >= 0.6 is 15.9 Å². The average Bonchev–Trinajstić information content (AvgIpc) is 2.57. The van der Waals surface area contributed by atoms with E-state index in [-0.39, 0.29) is 40.5 Å². The molecule has 1 amide bonds. The molecule has 1 aromatic carbocycles. The van der Waals surface area contributed by atoms with E-state index in [9.17, 15) is 18.4 Å². The van der Waals surface area contributed by atoms with Crippen molar-refractivity contribution in [3.63, 3.8) is 0 Å². The molecule has 0 atom stereocenters. The van der Waals surface area contributed by atoms with Gasteiger partial charge in [-0.3, -0.25) is 14.2 Å². The SMILES string of the molecule is CC(C)n1c(CCCC(N)=O)nc(OCc2ccc(F)cc2F)c(Br)c1=O. The molecule has 0 aliphatic rings. The molecular formula is C18H20BrF2N3O3. The fourth-order valence-electron chi connectivity index (χ4n) is 2.54. The maximum atomic E-state index is 13.8. The zero-order chi connectivity index (χ0) is 20.1. The number of ether oxygens (including phenoxy) is 1. The quantitative estimate of drug-likeness (QED) is 0.677. The number of hydrogen-bond donors (Lipinski definition) is 1. The predicted octanol–water partition coefficient (Wildman–Crippen LogP) is 3.25. The Kier molecular flexibility index (Phi) is 7.06. The summed E-state index contributed by atoms with van der Waals surface area (Å²) in [6, 6.07) is 2.99. The number of aryl methyl sites for hydroxylation is 1. The van der Waals surface area contributed by atoms with Crippen molar-refractivity contribution in [3.05, 3.63) is 56.0 Å². The Hall–Kier alpha value is -2.29. The molecule has 1 heterocycles. The Morgan fingerprint density at radius 2 is 2.07 bits per heavy atom. The second kappa shape index (κ2) is 9.07. The van der Waals surface area contributed by atoms with Crippen molar-refractivity contribution in [2.24, 2.45) is 5.73 Å². The number of carbonyl (C=O) groups excluding carboxylic acids is 1. The number of aromatic nitrogens is 2. The van der Waals surface area contributed by atoms with Crippen LogP contribution in [0.4, 0.5) is 8.78 Å². The molecule has 2 aromatic rings. The zero-order valence-electron chi connectivity index (χ0n) is 15.0. The standard InChI is InChI=1S/C18H20BrF2N3O3/c1-10(2)24-15(5-3-4-14(22)25)23-17(16(19)18(24)26)27-9-11-6-7-12(20)8-13(11)21/h6-8,10H,3-5,9H2,1-2H3,(H2,22,25). The largest absolute Gasteiger partial charge is 0.472 e. The van der Waals surface area contributed by atoms with Gasteiger partial charge >= 0.3 is 0 Å². The Morgan fingerprint density at radius 1 is 1.37 bits per heavy atom. The van der Waals surface area contributed by atoms with E-state index in [1.54, 1.807) is 0 Å². The van der Waals surface area contributed by atoms with Crippen molar-refractivity contribution in [2.45, 2.75) is 45.8 Å².